The van der Waals surface area contributed by atoms with Crippen molar-refractivity contribution in [1.29, 1.82) is 0 Å². The molecule has 1 aromatic carbocycles. The minimum Gasteiger partial charge on any atom is -0.339 e. The Kier molecular flexibility index (Phi) is 3.76. The van der Waals surface area contributed by atoms with E-state index in [1.807, 2.05) is 19.1 Å². The van der Waals surface area contributed by atoms with Gasteiger partial charge < -0.3 is 5.32 Å². The van der Waals surface area contributed by atoms with Crippen LogP contribution in [0.2, 0.25) is 15.2 Å². The molecule has 0 radical (unpaired) electrons. The predicted molar refractivity (Wildman–Crippen MR) is 83.5 cm³/mol. The van der Waals surface area contributed by atoms with Gasteiger partial charge in [-0.3, -0.25) is 0 Å². The third-order valence-corrected chi connectivity index (χ3v) is 4.44. The van der Waals surface area contributed by atoms with Crippen molar-refractivity contribution in [2.75, 3.05) is 5.32 Å². The highest BCUT2D eigenvalue weighted by Gasteiger charge is 2.28. The molecule has 1 aliphatic rings. The van der Waals surface area contributed by atoms with Gasteiger partial charge >= 0.3 is 0 Å². The summed E-state index contributed by atoms with van der Waals surface area (Å²) in [5.41, 5.74) is 1.51. The van der Waals surface area contributed by atoms with E-state index in [1.54, 1.807) is 6.07 Å². The topological polar surface area (TPSA) is 37.8 Å². The van der Waals surface area contributed by atoms with E-state index < -0.39 is 0 Å². The molecule has 104 valence electrons. The monoisotopic (exact) mass is 327 g/mol. The van der Waals surface area contributed by atoms with Crippen LogP contribution >= 0.6 is 34.8 Å². The van der Waals surface area contributed by atoms with Crippen molar-refractivity contribution < 1.29 is 0 Å². The van der Waals surface area contributed by atoms with Gasteiger partial charge in [0.1, 0.15) is 16.8 Å². The molecule has 1 heterocycles. The lowest BCUT2D eigenvalue weighted by Crippen LogP contribution is -2.03. The third-order valence-electron chi connectivity index (χ3n) is 3.25. The molecule has 1 aliphatic carbocycles. The molecule has 0 bridgehead atoms. The molecular formula is C14H12Cl3N3. The van der Waals surface area contributed by atoms with E-state index >= 15 is 0 Å². The number of hydrogen-bond donors (Lipinski definition) is 1. The molecule has 1 fully saturated rings. The fourth-order valence-corrected chi connectivity index (χ4v) is 2.40. The molecule has 6 heteroatoms. The van der Waals surface area contributed by atoms with Crippen molar-refractivity contribution >= 4 is 46.3 Å². The Morgan fingerprint density at radius 2 is 1.90 bits per heavy atom. The Morgan fingerprint density at radius 3 is 2.60 bits per heavy atom. The maximum Gasteiger partial charge on any atom is 0.138 e. The number of anilines is 2. The molecule has 0 amide bonds. The fourth-order valence-electron chi connectivity index (χ4n) is 1.88. The van der Waals surface area contributed by atoms with Crippen molar-refractivity contribution in [3.8, 4) is 0 Å². The lowest BCUT2D eigenvalue weighted by Gasteiger charge is -2.12. The zero-order chi connectivity index (χ0) is 14.3. The van der Waals surface area contributed by atoms with Crippen LogP contribution in [-0.4, -0.2) is 9.97 Å². The molecule has 0 atom stereocenters. The summed E-state index contributed by atoms with van der Waals surface area (Å²) in [6.07, 6.45) is 2.24. The molecule has 0 aliphatic heterocycles. The van der Waals surface area contributed by atoms with E-state index in [0.29, 0.717) is 32.6 Å². The van der Waals surface area contributed by atoms with E-state index in [-0.39, 0.29) is 0 Å². The van der Waals surface area contributed by atoms with Gasteiger partial charge in [0.05, 0.1) is 15.7 Å². The van der Waals surface area contributed by atoms with Gasteiger partial charge in [-0.05, 0) is 31.9 Å². The summed E-state index contributed by atoms with van der Waals surface area (Å²) in [5, 5.41) is 4.63. The summed E-state index contributed by atoms with van der Waals surface area (Å²) in [7, 11) is 0. The summed E-state index contributed by atoms with van der Waals surface area (Å²) in [4.78, 5) is 8.89. The summed E-state index contributed by atoms with van der Waals surface area (Å²) in [6.45, 7) is 1.87. The van der Waals surface area contributed by atoms with Gasteiger partial charge in [0, 0.05) is 11.5 Å². The lowest BCUT2D eigenvalue weighted by molar-refractivity contribution is 0.922. The highest BCUT2D eigenvalue weighted by molar-refractivity contribution is 6.43. The summed E-state index contributed by atoms with van der Waals surface area (Å²) in [5.74, 6) is 1.90. The van der Waals surface area contributed by atoms with Gasteiger partial charge in [-0.2, -0.15) is 0 Å². The molecule has 0 saturated heterocycles. The molecule has 3 rings (SSSR count). The standard InChI is InChI=1S/C14H12Cl3N3/c1-7-12(17)19-14(8-5-6-8)20-13(7)18-10-4-2-3-9(15)11(10)16/h2-4,8H,5-6H2,1H3,(H,18,19,20). The van der Waals surface area contributed by atoms with Crippen LogP contribution in [0, 0.1) is 6.92 Å². The van der Waals surface area contributed by atoms with Gasteiger partial charge in [-0.1, -0.05) is 40.9 Å². The first-order valence-corrected chi connectivity index (χ1v) is 7.44. The first-order valence-electron chi connectivity index (χ1n) is 6.31. The van der Waals surface area contributed by atoms with Crippen molar-refractivity contribution in [3.05, 3.63) is 44.8 Å². The lowest BCUT2D eigenvalue weighted by atomic mass is 10.2. The largest absolute Gasteiger partial charge is 0.339 e. The number of rotatable bonds is 3. The molecule has 1 N–H and O–H groups in total. The maximum absolute atomic E-state index is 6.18. The second-order valence-electron chi connectivity index (χ2n) is 4.85. The Hall–Kier alpha value is -1.03. The zero-order valence-electron chi connectivity index (χ0n) is 10.8. The molecule has 0 spiro atoms. The third kappa shape index (κ3) is 2.71. The van der Waals surface area contributed by atoms with Gasteiger partial charge in [0.15, 0.2) is 0 Å². The van der Waals surface area contributed by atoms with Crippen molar-refractivity contribution in [3.63, 3.8) is 0 Å². The number of hydrogen-bond acceptors (Lipinski definition) is 3. The minimum atomic E-state index is 0.434. The molecule has 0 unspecified atom stereocenters. The summed E-state index contributed by atoms with van der Waals surface area (Å²) >= 11 is 18.4. The highest BCUT2D eigenvalue weighted by atomic mass is 35.5. The molecular weight excluding hydrogens is 317 g/mol. The van der Waals surface area contributed by atoms with Crippen LogP contribution < -0.4 is 5.32 Å². The van der Waals surface area contributed by atoms with E-state index in [2.05, 4.69) is 15.3 Å². The number of nitrogens with zero attached hydrogens (tertiary/aromatic N) is 2. The van der Waals surface area contributed by atoms with Crippen LogP contribution in [0.1, 0.15) is 30.1 Å². The quantitative estimate of drug-likeness (QED) is 0.770. The van der Waals surface area contributed by atoms with Crippen LogP contribution in [0.5, 0.6) is 0 Å². The van der Waals surface area contributed by atoms with E-state index in [1.165, 1.54) is 0 Å². The molecule has 1 saturated carbocycles. The molecule has 3 nitrogen and oxygen atoms in total. The molecule has 20 heavy (non-hydrogen) atoms. The highest BCUT2D eigenvalue weighted by Crippen LogP contribution is 2.40. The van der Waals surface area contributed by atoms with Gasteiger partial charge in [-0.25, -0.2) is 9.97 Å². The van der Waals surface area contributed by atoms with Gasteiger partial charge in [-0.15, -0.1) is 0 Å². The number of halogens is 3. The first kappa shape index (κ1) is 13.9. The van der Waals surface area contributed by atoms with Crippen LogP contribution in [-0.2, 0) is 0 Å². The van der Waals surface area contributed by atoms with E-state index in [0.717, 1.165) is 24.2 Å². The molecule has 1 aromatic heterocycles. The van der Waals surface area contributed by atoms with Crippen molar-refractivity contribution in [1.82, 2.24) is 9.97 Å². The van der Waals surface area contributed by atoms with E-state index in [4.69, 9.17) is 34.8 Å². The van der Waals surface area contributed by atoms with Crippen molar-refractivity contribution in [2.45, 2.75) is 25.7 Å². The fraction of sp³-hybridized carbons (Fsp3) is 0.286. The SMILES string of the molecule is Cc1c(Cl)nc(C2CC2)nc1Nc1cccc(Cl)c1Cl. The average Bonchev–Trinajstić information content (AvgIpc) is 3.24. The Morgan fingerprint density at radius 1 is 1.15 bits per heavy atom. The van der Waals surface area contributed by atoms with E-state index in [9.17, 15) is 0 Å². The second-order valence-corrected chi connectivity index (χ2v) is 5.99. The number of benzene rings is 1. The minimum absolute atomic E-state index is 0.434. The Balaban J connectivity index is 1.99. The van der Waals surface area contributed by atoms with Crippen molar-refractivity contribution in [2.24, 2.45) is 0 Å². The first-order chi connectivity index (χ1) is 9.56. The maximum atomic E-state index is 6.18. The normalized spacial score (nSPS) is 14.4. The zero-order valence-corrected chi connectivity index (χ0v) is 13.0. The summed E-state index contributed by atoms with van der Waals surface area (Å²) in [6, 6.07) is 5.42. The number of aromatic nitrogens is 2. The van der Waals surface area contributed by atoms with Crippen LogP contribution in [0.3, 0.4) is 0 Å². The Labute approximate surface area is 132 Å². The average molecular weight is 329 g/mol. The molecule has 2 aromatic rings. The smallest absolute Gasteiger partial charge is 0.138 e. The van der Waals surface area contributed by atoms with Gasteiger partial charge in [0.2, 0.25) is 0 Å². The van der Waals surface area contributed by atoms with Gasteiger partial charge in [0.25, 0.3) is 0 Å². The second kappa shape index (κ2) is 5.40. The van der Waals surface area contributed by atoms with Crippen LogP contribution in [0.25, 0.3) is 0 Å². The number of nitrogens with one attached hydrogen (secondary N) is 1. The summed E-state index contributed by atoms with van der Waals surface area (Å²) < 4.78 is 0. The predicted octanol–water partition coefficient (Wildman–Crippen LogP) is 5.37. The van der Waals surface area contributed by atoms with Crippen LogP contribution in [0.15, 0.2) is 18.2 Å². The Bertz CT molecular complexity index is 669. The van der Waals surface area contributed by atoms with Crippen LogP contribution in [0.4, 0.5) is 11.5 Å².